The molecule has 0 bridgehead atoms. The van der Waals surface area contributed by atoms with E-state index in [-0.39, 0.29) is 11.3 Å². The van der Waals surface area contributed by atoms with Crippen LogP contribution < -0.4 is 19.5 Å². The van der Waals surface area contributed by atoms with Gasteiger partial charge in [-0.2, -0.15) is 0 Å². The van der Waals surface area contributed by atoms with Gasteiger partial charge in [-0.15, -0.1) is 0 Å². The van der Waals surface area contributed by atoms with Crippen LogP contribution in [-0.2, 0) is 11.2 Å². The minimum atomic E-state index is 0.0334. The van der Waals surface area contributed by atoms with Gasteiger partial charge in [0.1, 0.15) is 0 Å². The third-order valence-corrected chi connectivity index (χ3v) is 3.87. The van der Waals surface area contributed by atoms with Crippen molar-refractivity contribution in [3.63, 3.8) is 0 Å². The summed E-state index contributed by atoms with van der Waals surface area (Å²) in [4.78, 5) is 14.3. The SMILES string of the molecule is COc1cc(CCC(=O)NCC(C)(C)CN(C)C)cc(OC)c1OC. The monoisotopic (exact) mass is 352 g/mol. The molecule has 0 aliphatic rings. The molecule has 0 saturated heterocycles. The van der Waals surface area contributed by atoms with E-state index in [1.165, 1.54) is 0 Å². The molecule has 1 N–H and O–H groups in total. The Morgan fingerprint density at radius 3 is 2.08 bits per heavy atom. The highest BCUT2D eigenvalue weighted by atomic mass is 16.5. The predicted octanol–water partition coefficient (Wildman–Crippen LogP) is 2.35. The zero-order valence-corrected chi connectivity index (χ0v) is 16.6. The van der Waals surface area contributed by atoms with Crippen LogP contribution in [0.15, 0.2) is 12.1 Å². The summed E-state index contributed by atoms with van der Waals surface area (Å²) in [6, 6.07) is 3.76. The summed E-state index contributed by atoms with van der Waals surface area (Å²) in [6.07, 6.45) is 1.02. The third-order valence-electron chi connectivity index (χ3n) is 3.87. The average molecular weight is 352 g/mol. The fourth-order valence-corrected chi connectivity index (χ4v) is 2.88. The highest BCUT2D eigenvalue weighted by Crippen LogP contribution is 2.38. The molecule has 6 heteroatoms. The van der Waals surface area contributed by atoms with Crippen LogP contribution >= 0.6 is 0 Å². The zero-order valence-electron chi connectivity index (χ0n) is 16.6. The van der Waals surface area contributed by atoms with E-state index in [1.54, 1.807) is 21.3 Å². The molecule has 0 atom stereocenters. The fraction of sp³-hybridized carbons (Fsp3) is 0.632. The van der Waals surface area contributed by atoms with E-state index >= 15 is 0 Å². The van der Waals surface area contributed by atoms with Crippen LogP contribution in [0.2, 0.25) is 0 Å². The quantitative estimate of drug-likeness (QED) is 0.700. The lowest BCUT2D eigenvalue weighted by Crippen LogP contribution is -2.40. The fourth-order valence-electron chi connectivity index (χ4n) is 2.88. The van der Waals surface area contributed by atoms with Gasteiger partial charge in [-0.1, -0.05) is 13.8 Å². The molecular weight excluding hydrogens is 320 g/mol. The summed E-state index contributed by atoms with van der Waals surface area (Å²) in [5.41, 5.74) is 1.00. The zero-order chi connectivity index (χ0) is 19.0. The summed E-state index contributed by atoms with van der Waals surface area (Å²) < 4.78 is 16.0. The molecule has 0 aliphatic heterocycles. The molecule has 0 aromatic heterocycles. The minimum Gasteiger partial charge on any atom is -0.493 e. The van der Waals surface area contributed by atoms with E-state index in [9.17, 15) is 4.79 Å². The van der Waals surface area contributed by atoms with E-state index < -0.39 is 0 Å². The molecule has 1 aromatic rings. The van der Waals surface area contributed by atoms with Crippen molar-refractivity contribution in [3.8, 4) is 17.2 Å². The van der Waals surface area contributed by atoms with Crippen molar-refractivity contribution in [2.24, 2.45) is 5.41 Å². The van der Waals surface area contributed by atoms with Crippen molar-refractivity contribution in [2.75, 3.05) is 48.5 Å². The highest BCUT2D eigenvalue weighted by molar-refractivity contribution is 5.76. The summed E-state index contributed by atoms with van der Waals surface area (Å²) in [5.74, 6) is 1.80. The van der Waals surface area contributed by atoms with Crippen molar-refractivity contribution >= 4 is 5.91 Å². The van der Waals surface area contributed by atoms with Crippen LogP contribution in [-0.4, -0.2) is 59.3 Å². The van der Waals surface area contributed by atoms with E-state index in [4.69, 9.17) is 14.2 Å². The summed E-state index contributed by atoms with van der Waals surface area (Å²) in [6.45, 7) is 5.86. The molecule has 142 valence electrons. The predicted molar refractivity (Wildman–Crippen MR) is 99.8 cm³/mol. The Morgan fingerprint density at radius 2 is 1.64 bits per heavy atom. The van der Waals surface area contributed by atoms with Gasteiger partial charge in [0.2, 0.25) is 11.7 Å². The second-order valence-corrected chi connectivity index (χ2v) is 7.21. The second-order valence-electron chi connectivity index (χ2n) is 7.21. The largest absolute Gasteiger partial charge is 0.493 e. The van der Waals surface area contributed by atoms with Gasteiger partial charge >= 0.3 is 0 Å². The molecule has 6 nitrogen and oxygen atoms in total. The number of benzene rings is 1. The Kier molecular flexibility index (Phi) is 8.03. The lowest BCUT2D eigenvalue weighted by molar-refractivity contribution is -0.121. The molecule has 0 saturated carbocycles. The van der Waals surface area contributed by atoms with Crippen LogP contribution in [0.1, 0.15) is 25.8 Å². The molecule has 0 spiro atoms. The Hall–Kier alpha value is -1.95. The molecule has 0 radical (unpaired) electrons. The number of hydrogen-bond donors (Lipinski definition) is 1. The number of aryl methyl sites for hydroxylation is 1. The molecule has 0 heterocycles. The van der Waals surface area contributed by atoms with Gasteiger partial charge in [-0.3, -0.25) is 4.79 Å². The first-order valence-corrected chi connectivity index (χ1v) is 8.42. The van der Waals surface area contributed by atoms with Crippen LogP contribution in [0.5, 0.6) is 17.2 Å². The summed E-state index contributed by atoms with van der Waals surface area (Å²) in [5, 5.41) is 3.03. The lowest BCUT2D eigenvalue weighted by Gasteiger charge is -2.28. The first-order valence-electron chi connectivity index (χ1n) is 8.42. The number of hydrogen-bond acceptors (Lipinski definition) is 5. The normalized spacial score (nSPS) is 11.4. The van der Waals surface area contributed by atoms with Gasteiger partial charge in [0.15, 0.2) is 11.5 Å². The van der Waals surface area contributed by atoms with E-state index in [1.807, 2.05) is 26.2 Å². The molecule has 0 aliphatic carbocycles. The second kappa shape index (κ2) is 9.51. The van der Waals surface area contributed by atoms with Gasteiger partial charge in [0, 0.05) is 19.5 Å². The van der Waals surface area contributed by atoms with Crippen LogP contribution in [0.4, 0.5) is 0 Å². The van der Waals surface area contributed by atoms with Crippen molar-refractivity contribution < 1.29 is 19.0 Å². The van der Waals surface area contributed by atoms with E-state index in [0.717, 1.165) is 12.1 Å². The van der Waals surface area contributed by atoms with Crippen molar-refractivity contribution in [1.29, 1.82) is 0 Å². The number of ether oxygens (including phenoxy) is 3. The summed E-state index contributed by atoms with van der Waals surface area (Å²) >= 11 is 0. The van der Waals surface area contributed by atoms with Gasteiger partial charge in [0.05, 0.1) is 21.3 Å². The first-order chi connectivity index (χ1) is 11.7. The number of nitrogens with one attached hydrogen (secondary N) is 1. The number of amides is 1. The molecule has 1 rings (SSSR count). The Labute approximate surface area is 151 Å². The number of carbonyl (C=O) groups is 1. The van der Waals surface area contributed by atoms with E-state index in [2.05, 4.69) is 24.1 Å². The highest BCUT2D eigenvalue weighted by Gasteiger charge is 2.20. The van der Waals surface area contributed by atoms with E-state index in [0.29, 0.717) is 36.6 Å². The summed E-state index contributed by atoms with van der Waals surface area (Å²) in [7, 11) is 8.81. The van der Waals surface area contributed by atoms with Crippen molar-refractivity contribution in [2.45, 2.75) is 26.7 Å². The van der Waals surface area contributed by atoms with Crippen LogP contribution in [0.3, 0.4) is 0 Å². The molecular formula is C19H32N2O4. The average Bonchev–Trinajstić information content (AvgIpc) is 2.55. The van der Waals surface area contributed by atoms with Gasteiger partial charge in [-0.25, -0.2) is 0 Å². The smallest absolute Gasteiger partial charge is 0.220 e. The molecule has 0 unspecified atom stereocenters. The number of rotatable bonds is 10. The standard InChI is InChI=1S/C19H32N2O4/c1-19(2,13-21(3)4)12-20-17(22)9-8-14-10-15(23-5)18(25-7)16(11-14)24-6/h10-11H,8-9,12-13H2,1-7H3,(H,20,22). The maximum absolute atomic E-state index is 12.2. The van der Waals surface area contributed by atoms with Gasteiger partial charge in [-0.05, 0) is 43.6 Å². The molecule has 0 fully saturated rings. The number of methoxy groups -OCH3 is 3. The first kappa shape index (κ1) is 21.1. The lowest BCUT2D eigenvalue weighted by atomic mass is 9.93. The minimum absolute atomic E-state index is 0.0334. The maximum Gasteiger partial charge on any atom is 0.220 e. The van der Waals surface area contributed by atoms with Crippen molar-refractivity contribution in [3.05, 3.63) is 17.7 Å². The topological polar surface area (TPSA) is 60.0 Å². The van der Waals surface area contributed by atoms with Gasteiger partial charge < -0.3 is 24.4 Å². The number of carbonyl (C=O) groups excluding carboxylic acids is 1. The van der Waals surface area contributed by atoms with Crippen LogP contribution in [0.25, 0.3) is 0 Å². The molecule has 1 amide bonds. The molecule has 1 aromatic carbocycles. The Balaban J connectivity index is 2.64. The third kappa shape index (κ3) is 6.82. The van der Waals surface area contributed by atoms with Gasteiger partial charge in [0.25, 0.3) is 0 Å². The molecule has 25 heavy (non-hydrogen) atoms. The maximum atomic E-state index is 12.2. The Bertz CT molecular complexity index is 546. The van der Waals surface area contributed by atoms with Crippen LogP contribution in [0, 0.1) is 5.41 Å². The van der Waals surface area contributed by atoms with Crippen molar-refractivity contribution in [1.82, 2.24) is 10.2 Å². The Morgan fingerprint density at radius 1 is 1.08 bits per heavy atom. The number of nitrogens with zero attached hydrogens (tertiary/aromatic N) is 1.